The average molecular weight is 423 g/mol. The lowest BCUT2D eigenvalue weighted by atomic mass is 9.82. The van der Waals surface area contributed by atoms with E-state index in [1.165, 1.54) is 0 Å². The Morgan fingerprint density at radius 2 is 1.71 bits per heavy atom. The Bertz CT molecular complexity index is 943. The Balaban J connectivity index is 2.15. The highest BCUT2D eigenvalue weighted by Crippen LogP contribution is 2.49. The smallest absolute Gasteiger partial charge is 0.201 e. The number of halogens is 2. The minimum atomic E-state index is -0.620. The summed E-state index contributed by atoms with van der Waals surface area (Å²) in [6, 6.07) is 7.01. The molecule has 0 atom stereocenters. The van der Waals surface area contributed by atoms with Crippen LogP contribution in [-0.2, 0) is 5.41 Å². The molecule has 0 saturated heterocycles. The summed E-state index contributed by atoms with van der Waals surface area (Å²) in [5.41, 5.74) is 4.35. The van der Waals surface area contributed by atoms with E-state index < -0.39 is 5.60 Å². The summed E-state index contributed by atoms with van der Waals surface area (Å²) >= 11 is 12.4. The highest BCUT2D eigenvalue weighted by molar-refractivity contribution is 6.39. The van der Waals surface area contributed by atoms with Crippen molar-refractivity contribution in [2.24, 2.45) is 5.10 Å². The van der Waals surface area contributed by atoms with Crippen molar-refractivity contribution in [3.8, 4) is 17.2 Å². The maximum atomic E-state index is 10.6. The zero-order valence-corrected chi connectivity index (χ0v) is 18.0. The molecule has 0 spiro atoms. The van der Waals surface area contributed by atoms with Crippen molar-refractivity contribution in [1.29, 1.82) is 0 Å². The molecule has 0 radical (unpaired) electrons. The first-order chi connectivity index (χ1) is 12.9. The first kappa shape index (κ1) is 20.6. The van der Waals surface area contributed by atoms with Gasteiger partial charge in [-0.3, -0.25) is 5.43 Å². The summed E-state index contributed by atoms with van der Waals surface area (Å²) in [5.74, 6) is -0.239. The van der Waals surface area contributed by atoms with Crippen LogP contribution in [0.3, 0.4) is 0 Å². The predicted molar refractivity (Wildman–Crippen MR) is 114 cm³/mol. The van der Waals surface area contributed by atoms with Crippen molar-refractivity contribution in [2.45, 2.75) is 52.1 Å². The molecule has 3 N–H and O–H groups in total. The number of nitrogens with zero attached hydrogens (tertiary/aromatic N) is 1. The van der Waals surface area contributed by atoms with Gasteiger partial charge in [-0.05, 0) is 37.5 Å². The Hall–Kier alpha value is -2.11. The molecule has 0 aromatic heterocycles. The molecule has 5 nitrogen and oxygen atoms in total. The van der Waals surface area contributed by atoms with Gasteiger partial charge in [-0.2, -0.15) is 5.10 Å². The number of benzene rings is 2. The molecule has 7 heteroatoms. The zero-order chi connectivity index (χ0) is 20.9. The third kappa shape index (κ3) is 3.87. The number of phenolic OH excluding ortho intramolecular Hbond substituents is 2. The van der Waals surface area contributed by atoms with Gasteiger partial charge in [0, 0.05) is 17.5 Å². The summed E-state index contributed by atoms with van der Waals surface area (Å²) in [7, 11) is 0. The monoisotopic (exact) mass is 422 g/mol. The van der Waals surface area contributed by atoms with Gasteiger partial charge in [-0.1, -0.05) is 50.0 Å². The summed E-state index contributed by atoms with van der Waals surface area (Å²) in [5, 5.41) is 26.6. The number of nitrogens with one attached hydrogen (secondary N) is 1. The van der Waals surface area contributed by atoms with E-state index in [0.29, 0.717) is 39.0 Å². The van der Waals surface area contributed by atoms with Crippen molar-refractivity contribution in [3.63, 3.8) is 0 Å². The molecular formula is C21H24Cl2N2O3. The molecule has 0 bridgehead atoms. The Morgan fingerprint density at radius 1 is 1.11 bits per heavy atom. The van der Waals surface area contributed by atoms with Crippen molar-refractivity contribution in [1.82, 2.24) is 0 Å². The molecule has 1 heterocycles. The van der Waals surface area contributed by atoms with Crippen LogP contribution >= 0.6 is 23.2 Å². The van der Waals surface area contributed by atoms with E-state index in [4.69, 9.17) is 27.9 Å². The number of hydrazone groups is 1. The number of anilines is 1. The molecule has 0 saturated carbocycles. The second kappa shape index (κ2) is 7.05. The quantitative estimate of drug-likeness (QED) is 0.404. The molecule has 0 aliphatic carbocycles. The highest BCUT2D eigenvalue weighted by atomic mass is 35.5. The SMILES string of the molecule is CC1(C)CC(=NNc2c(Cl)cccc2Cl)c2cc(C(C)(C)C)c(O)c(O)c2O1. The first-order valence-corrected chi connectivity index (χ1v) is 9.72. The van der Waals surface area contributed by atoms with E-state index in [-0.39, 0.29) is 22.7 Å². The van der Waals surface area contributed by atoms with E-state index in [2.05, 4.69) is 10.5 Å². The number of hydrogen-bond acceptors (Lipinski definition) is 5. The molecule has 1 aliphatic heterocycles. The largest absolute Gasteiger partial charge is 0.504 e. The normalized spacial score (nSPS) is 17.2. The van der Waals surface area contributed by atoms with Crippen LogP contribution in [0.5, 0.6) is 17.2 Å². The second-order valence-corrected chi connectivity index (χ2v) is 9.37. The maximum absolute atomic E-state index is 10.6. The van der Waals surface area contributed by atoms with Crippen LogP contribution in [0, 0.1) is 0 Å². The Morgan fingerprint density at radius 3 is 2.29 bits per heavy atom. The van der Waals surface area contributed by atoms with Gasteiger partial charge >= 0.3 is 0 Å². The number of para-hydroxylation sites is 1. The van der Waals surface area contributed by atoms with Gasteiger partial charge in [-0.25, -0.2) is 0 Å². The Kier molecular flexibility index (Phi) is 5.19. The predicted octanol–water partition coefficient (Wildman–Crippen LogP) is 6.08. The summed E-state index contributed by atoms with van der Waals surface area (Å²) in [6.07, 6.45) is 0.489. The second-order valence-electron chi connectivity index (χ2n) is 8.55. The van der Waals surface area contributed by atoms with Gasteiger partial charge in [0.25, 0.3) is 0 Å². The summed E-state index contributed by atoms with van der Waals surface area (Å²) in [6.45, 7) is 9.66. The fourth-order valence-electron chi connectivity index (χ4n) is 3.17. The summed E-state index contributed by atoms with van der Waals surface area (Å²) in [4.78, 5) is 0. The van der Waals surface area contributed by atoms with Crippen molar-refractivity contribution in [3.05, 3.63) is 45.4 Å². The van der Waals surface area contributed by atoms with Crippen molar-refractivity contribution in [2.75, 3.05) is 5.43 Å². The molecule has 150 valence electrons. The van der Waals surface area contributed by atoms with Gasteiger partial charge < -0.3 is 14.9 Å². The fourth-order valence-corrected chi connectivity index (χ4v) is 3.65. The van der Waals surface area contributed by atoms with Gasteiger partial charge in [0.05, 0.1) is 21.4 Å². The fraction of sp³-hybridized carbons (Fsp3) is 0.381. The number of fused-ring (bicyclic) bond motifs is 1. The van der Waals surface area contributed by atoms with Crippen LogP contribution < -0.4 is 10.2 Å². The van der Waals surface area contributed by atoms with Crippen LogP contribution in [-0.4, -0.2) is 21.5 Å². The molecule has 28 heavy (non-hydrogen) atoms. The van der Waals surface area contributed by atoms with E-state index in [0.717, 1.165) is 0 Å². The number of rotatable bonds is 2. The molecule has 2 aromatic carbocycles. The van der Waals surface area contributed by atoms with Gasteiger partial charge in [-0.15, -0.1) is 0 Å². The molecular weight excluding hydrogens is 399 g/mol. The average Bonchev–Trinajstić information content (AvgIpc) is 2.56. The van der Waals surface area contributed by atoms with E-state index >= 15 is 0 Å². The van der Waals surface area contributed by atoms with Gasteiger partial charge in [0.2, 0.25) is 5.75 Å². The minimum Gasteiger partial charge on any atom is -0.504 e. The first-order valence-electron chi connectivity index (χ1n) is 8.96. The molecule has 0 unspecified atom stereocenters. The topological polar surface area (TPSA) is 74.1 Å². The zero-order valence-electron chi connectivity index (χ0n) is 16.5. The van der Waals surface area contributed by atoms with Gasteiger partial charge in [0.1, 0.15) is 5.60 Å². The van der Waals surface area contributed by atoms with Crippen molar-refractivity contribution < 1.29 is 14.9 Å². The summed E-state index contributed by atoms with van der Waals surface area (Å²) < 4.78 is 5.96. The number of phenols is 2. The highest BCUT2D eigenvalue weighted by Gasteiger charge is 2.36. The van der Waals surface area contributed by atoms with Crippen LogP contribution in [0.15, 0.2) is 29.4 Å². The third-order valence-corrected chi connectivity index (χ3v) is 5.21. The van der Waals surface area contributed by atoms with Crippen LogP contribution in [0.1, 0.15) is 52.2 Å². The maximum Gasteiger partial charge on any atom is 0.201 e. The molecule has 3 rings (SSSR count). The molecule has 0 amide bonds. The standard InChI is InChI=1S/C21H24Cl2N2O3/c1-20(2,3)12-9-11-15(24-25-16-13(22)7-6-8-14(16)23)10-21(4,5)28-19(11)18(27)17(12)26/h6-9,25-27H,10H2,1-5H3. The van der Waals surface area contributed by atoms with Crippen LogP contribution in [0.4, 0.5) is 5.69 Å². The molecule has 0 fully saturated rings. The van der Waals surface area contributed by atoms with E-state index in [9.17, 15) is 10.2 Å². The minimum absolute atomic E-state index is 0.176. The third-order valence-electron chi connectivity index (χ3n) is 4.58. The Labute approximate surface area is 174 Å². The van der Waals surface area contributed by atoms with Gasteiger partial charge in [0.15, 0.2) is 11.5 Å². The van der Waals surface area contributed by atoms with Crippen LogP contribution in [0.25, 0.3) is 0 Å². The van der Waals surface area contributed by atoms with E-state index in [1.807, 2.05) is 40.7 Å². The lowest BCUT2D eigenvalue weighted by Gasteiger charge is -2.35. The number of ether oxygens (including phenoxy) is 1. The number of aromatic hydroxyl groups is 2. The lowest BCUT2D eigenvalue weighted by molar-refractivity contribution is 0.106. The molecule has 1 aliphatic rings. The molecule has 2 aromatic rings. The van der Waals surface area contributed by atoms with Crippen LogP contribution in [0.2, 0.25) is 10.0 Å². The lowest BCUT2D eigenvalue weighted by Crippen LogP contribution is -2.37. The van der Waals surface area contributed by atoms with E-state index in [1.54, 1.807) is 18.2 Å². The van der Waals surface area contributed by atoms with Crippen molar-refractivity contribution >= 4 is 34.6 Å². The number of hydrogen-bond donors (Lipinski definition) is 3.